The highest BCUT2D eigenvalue weighted by Gasteiger charge is 2.17. The number of carbonyl (C=O) groups excluding carboxylic acids is 1. The van der Waals surface area contributed by atoms with Crippen LogP contribution in [0.5, 0.6) is 0 Å². The second-order valence-corrected chi connectivity index (χ2v) is 9.59. The van der Waals surface area contributed by atoms with Crippen LogP contribution in [0.4, 0.5) is 5.69 Å². The predicted octanol–water partition coefficient (Wildman–Crippen LogP) is 6.69. The van der Waals surface area contributed by atoms with E-state index in [-0.39, 0.29) is 27.3 Å². The monoisotopic (exact) mass is 517 g/mol. The number of aromatic nitrogens is 2. The third-order valence-corrected chi connectivity index (χ3v) is 6.93. The Kier molecular flexibility index (Phi) is 7.00. The van der Waals surface area contributed by atoms with E-state index in [0.717, 1.165) is 28.6 Å². The number of nitrogens with one attached hydrogen (secondary N) is 1. The zero-order chi connectivity index (χ0) is 23.7. The largest absolute Gasteiger partial charge is 0.324 e. The van der Waals surface area contributed by atoms with Crippen molar-refractivity contribution in [2.24, 2.45) is 0 Å². The van der Waals surface area contributed by atoms with E-state index in [1.54, 1.807) is 22.8 Å². The number of aryl methyl sites for hydroxylation is 2. The Morgan fingerprint density at radius 2 is 1.73 bits per heavy atom. The summed E-state index contributed by atoms with van der Waals surface area (Å²) < 4.78 is 1.56. The van der Waals surface area contributed by atoms with Gasteiger partial charge in [0.1, 0.15) is 0 Å². The zero-order valence-corrected chi connectivity index (χ0v) is 20.7. The van der Waals surface area contributed by atoms with E-state index in [0.29, 0.717) is 26.8 Å². The number of anilines is 1. The third-order valence-electron chi connectivity index (χ3n) is 4.95. The molecule has 1 aromatic heterocycles. The van der Waals surface area contributed by atoms with Crippen molar-refractivity contribution in [1.29, 1.82) is 0 Å². The molecule has 0 bridgehead atoms. The lowest BCUT2D eigenvalue weighted by atomic mass is 10.1. The Bertz CT molecular complexity index is 1450. The summed E-state index contributed by atoms with van der Waals surface area (Å²) >= 11 is 19.3. The number of amides is 1. The van der Waals surface area contributed by atoms with Gasteiger partial charge in [-0.2, -0.15) is 0 Å². The van der Waals surface area contributed by atoms with Gasteiger partial charge in [0.2, 0.25) is 5.91 Å². The second-order valence-electron chi connectivity index (χ2n) is 7.43. The molecule has 0 aliphatic carbocycles. The van der Waals surface area contributed by atoms with Crippen LogP contribution in [0, 0.1) is 13.8 Å². The molecule has 1 heterocycles. The van der Waals surface area contributed by atoms with Crippen molar-refractivity contribution in [3.05, 3.63) is 91.1 Å². The van der Waals surface area contributed by atoms with Crippen molar-refractivity contribution in [3.8, 4) is 5.69 Å². The molecular weight excluding hydrogens is 501 g/mol. The molecule has 1 N–H and O–H groups in total. The molecule has 33 heavy (non-hydrogen) atoms. The highest BCUT2D eigenvalue weighted by Crippen LogP contribution is 2.32. The predicted molar refractivity (Wildman–Crippen MR) is 138 cm³/mol. The Hall–Kier alpha value is -2.51. The fraction of sp³-hybridized carbons (Fsp3) is 0.125. The molecule has 1 amide bonds. The Morgan fingerprint density at radius 1 is 1.00 bits per heavy atom. The summed E-state index contributed by atoms with van der Waals surface area (Å²) in [4.78, 5) is 30.7. The van der Waals surface area contributed by atoms with Crippen molar-refractivity contribution < 1.29 is 4.79 Å². The number of benzene rings is 3. The Balaban J connectivity index is 1.69. The van der Waals surface area contributed by atoms with Gasteiger partial charge >= 0.3 is 0 Å². The quantitative estimate of drug-likeness (QED) is 0.181. The summed E-state index contributed by atoms with van der Waals surface area (Å²) in [7, 11) is 0. The average molecular weight is 519 g/mol. The number of carbonyl (C=O) groups is 1. The lowest BCUT2D eigenvalue weighted by Crippen LogP contribution is -2.23. The number of hydrogen-bond donors (Lipinski definition) is 1. The van der Waals surface area contributed by atoms with Gasteiger partial charge in [-0.15, -0.1) is 0 Å². The molecule has 0 spiro atoms. The minimum atomic E-state index is -0.324. The van der Waals surface area contributed by atoms with Crippen LogP contribution in [0.1, 0.15) is 11.1 Å². The molecular formula is C24H18Cl3N3O2S. The van der Waals surface area contributed by atoms with Crippen molar-refractivity contribution in [2.45, 2.75) is 19.0 Å². The number of rotatable bonds is 5. The molecule has 0 saturated carbocycles. The molecule has 9 heteroatoms. The highest BCUT2D eigenvalue weighted by molar-refractivity contribution is 7.99. The molecule has 3 aromatic carbocycles. The second kappa shape index (κ2) is 9.77. The van der Waals surface area contributed by atoms with Gasteiger partial charge in [-0.05, 0) is 49.7 Å². The zero-order valence-electron chi connectivity index (χ0n) is 17.7. The third kappa shape index (κ3) is 5.04. The van der Waals surface area contributed by atoms with Gasteiger partial charge in [0, 0.05) is 0 Å². The molecule has 4 aromatic rings. The summed E-state index contributed by atoms with van der Waals surface area (Å²) in [5, 5.41) is 4.51. The SMILES string of the molecule is Cc1ccc(-n2c(SCC(=O)Nc3cc(Cl)c(Cl)cc3Cl)nc3ccccc3c2=O)c(C)c1. The molecule has 0 saturated heterocycles. The van der Waals surface area contributed by atoms with E-state index >= 15 is 0 Å². The minimum absolute atomic E-state index is 0.00621. The van der Waals surface area contributed by atoms with Crippen molar-refractivity contribution in [1.82, 2.24) is 9.55 Å². The minimum Gasteiger partial charge on any atom is -0.324 e. The number of thioether (sulfide) groups is 1. The van der Waals surface area contributed by atoms with Crippen LogP contribution in [0.2, 0.25) is 15.1 Å². The van der Waals surface area contributed by atoms with E-state index < -0.39 is 0 Å². The summed E-state index contributed by atoms with van der Waals surface area (Å²) in [6.45, 7) is 3.93. The summed E-state index contributed by atoms with van der Waals surface area (Å²) in [5.41, 5.74) is 3.48. The Labute approximate surface area is 209 Å². The first-order valence-corrected chi connectivity index (χ1v) is 12.0. The van der Waals surface area contributed by atoms with E-state index in [9.17, 15) is 9.59 Å². The van der Waals surface area contributed by atoms with Gasteiger partial charge < -0.3 is 5.32 Å². The first-order valence-electron chi connectivity index (χ1n) is 9.91. The molecule has 4 rings (SSSR count). The van der Waals surface area contributed by atoms with Gasteiger partial charge in [0.15, 0.2) is 5.16 Å². The van der Waals surface area contributed by atoms with Gasteiger partial charge in [-0.3, -0.25) is 14.2 Å². The van der Waals surface area contributed by atoms with Gasteiger partial charge in [0.25, 0.3) is 5.56 Å². The lowest BCUT2D eigenvalue weighted by Gasteiger charge is -2.15. The fourth-order valence-electron chi connectivity index (χ4n) is 3.41. The van der Waals surface area contributed by atoms with E-state index in [1.165, 1.54) is 12.1 Å². The maximum Gasteiger partial charge on any atom is 0.266 e. The number of halogens is 3. The summed E-state index contributed by atoms with van der Waals surface area (Å²) in [6, 6.07) is 16.0. The van der Waals surface area contributed by atoms with E-state index in [4.69, 9.17) is 34.8 Å². The van der Waals surface area contributed by atoms with Crippen LogP contribution < -0.4 is 10.9 Å². The van der Waals surface area contributed by atoms with Gasteiger partial charge in [-0.25, -0.2) is 4.98 Å². The van der Waals surface area contributed by atoms with Crippen LogP contribution in [-0.4, -0.2) is 21.2 Å². The van der Waals surface area contributed by atoms with Gasteiger partial charge in [0.05, 0.1) is 43.1 Å². The van der Waals surface area contributed by atoms with Crippen LogP contribution >= 0.6 is 46.6 Å². The normalized spacial score (nSPS) is 11.1. The lowest BCUT2D eigenvalue weighted by molar-refractivity contribution is -0.113. The smallest absolute Gasteiger partial charge is 0.266 e. The molecule has 168 valence electrons. The molecule has 0 radical (unpaired) electrons. The number of nitrogens with zero attached hydrogens (tertiary/aromatic N) is 2. The topological polar surface area (TPSA) is 64.0 Å². The molecule has 0 unspecified atom stereocenters. The maximum atomic E-state index is 13.4. The molecule has 0 aliphatic rings. The van der Waals surface area contributed by atoms with Crippen molar-refractivity contribution >= 4 is 69.1 Å². The maximum absolute atomic E-state index is 13.4. The molecule has 0 aliphatic heterocycles. The first kappa shape index (κ1) is 23.6. The highest BCUT2D eigenvalue weighted by atomic mass is 35.5. The van der Waals surface area contributed by atoms with Crippen molar-refractivity contribution in [2.75, 3.05) is 11.1 Å². The molecule has 0 atom stereocenters. The van der Waals surface area contributed by atoms with E-state index in [2.05, 4.69) is 10.3 Å². The van der Waals surface area contributed by atoms with Crippen molar-refractivity contribution in [3.63, 3.8) is 0 Å². The molecule has 0 fully saturated rings. The van der Waals surface area contributed by atoms with E-state index in [1.807, 2.05) is 38.1 Å². The standard InChI is InChI=1S/C24H18Cl3N3O2S/c1-13-7-8-21(14(2)9-13)30-23(32)15-5-3-4-6-19(15)29-24(30)33-12-22(31)28-20-11-17(26)16(25)10-18(20)27/h3-11H,12H2,1-2H3,(H,28,31). The molecule has 5 nitrogen and oxygen atoms in total. The first-order chi connectivity index (χ1) is 15.7. The fourth-order valence-corrected chi connectivity index (χ4v) is 4.81. The summed E-state index contributed by atoms with van der Waals surface area (Å²) in [5.74, 6) is -0.318. The van der Waals surface area contributed by atoms with Crippen LogP contribution in [-0.2, 0) is 4.79 Å². The van der Waals surface area contributed by atoms with Crippen LogP contribution in [0.15, 0.2) is 64.5 Å². The Morgan fingerprint density at radius 3 is 2.48 bits per heavy atom. The van der Waals surface area contributed by atoms with Crippen LogP contribution in [0.3, 0.4) is 0 Å². The summed E-state index contributed by atoms with van der Waals surface area (Å²) in [6.07, 6.45) is 0. The number of para-hydroxylation sites is 1. The van der Waals surface area contributed by atoms with Gasteiger partial charge in [-0.1, -0.05) is 76.4 Å². The average Bonchev–Trinajstić information content (AvgIpc) is 2.77. The number of hydrogen-bond acceptors (Lipinski definition) is 4. The number of fused-ring (bicyclic) bond motifs is 1. The van der Waals surface area contributed by atoms with Crippen LogP contribution in [0.25, 0.3) is 16.6 Å².